The minimum Gasteiger partial charge on any atom is -0.487 e. The fraction of sp³-hybridized carbons (Fsp3) is 0.611. The maximum atomic E-state index is 14.1. The van der Waals surface area contributed by atoms with Crippen LogP contribution in [0.15, 0.2) is 36.5 Å². The van der Waals surface area contributed by atoms with E-state index in [1.165, 1.54) is 41.5 Å². The predicted octanol–water partition coefficient (Wildman–Crippen LogP) is 7.58. The molecule has 2 saturated carbocycles. The normalized spacial score (nSPS) is 36.8. The largest absolute Gasteiger partial charge is 0.487 e. The highest BCUT2D eigenvalue weighted by molar-refractivity contribution is 5.41. The molecule has 9 atom stereocenters. The molecule has 0 radical (unpaired) electrons. The van der Waals surface area contributed by atoms with Crippen molar-refractivity contribution >= 4 is 0 Å². The van der Waals surface area contributed by atoms with Gasteiger partial charge in [-0.15, -0.1) is 5.10 Å². The first kappa shape index (κ1) is 29.5. The lowest BCUT2D eigenvalue weighted by molar-refractivity contribution is -0.272. The van der Waals surface area contributed by atoms with Crippen molar-refractivity contribution < 1.29 is 27.4 Å². The topological polar surface area (TPSA) is 58.4 Å². The molecular formula is C36H42F3N3O3. The molecule has 8 rings (SSSR count). The summed E-state index contributed by atoms with van der Waals surface area (Å²) in [6.45, 7) is 8.22. The van der Waals surface area contributed by atoms with Crippen LogP contribution >= 0.6 is 0 Å². The third kappa shape index (κ3) is 4.82. The van der Waals surface area contributed by atoms with Crippen LogP contribution in [0.2, 0.25) is 0 Å². The van der Waals surface area contributed by atoms with Crippen LogP contribution in [0.1, 0.15) is 87.6 Å². The summed E-state index contributed by atoms with van der Waals surface area (Å²) in [6.07, 6.45) is 10.0. The number of halogens is 3. The van der Waals surface area contributed by atoms with Crippen LogP contribution < -0.4 is 4.74 Å². The van der Waals surface area contributed by atoms with Crippen molar-refractivity contribution in [1.82, 2.24) is 15.0 Å². The lowest BCUT2D eigenvalue weighted by atomic mass is 9.53. The zero-order valence-electron chi connectivity index (χ0n) is 26.3. The Morgan fingerprint density at radius 1 is 1.02 bits per heavy atom. The molecule has 3 aromatic rings. The molecule has 2 saturated heterocycles. The highest BCUT2D eigenvalue weighted by Crippen LogP contribution is 2.69. The molecule has 0 unspecified atom stereocenters. The summed E-state index contributed by atoms with van der Waals surface area (Å²) in [5, 5.41) is 8.12. The van der Waals surface area contributed by atoms with Crippen molar-refractivity contribution in [1.29, 1.82) is 0 Å². The SMILES string of the molecule is C[C@@H]1CC[C@@]2(OC1)O[C@H]1C[C@H]3[C@@H]4CCc5cc(OCc6cn(Cc7cc(F)c(F)cc7F)nn6)ccc5[C@H]4CC[C@]3(C)[C@H]1[C@@H]2C. The van der Waals surface area contributed by atoms with Gasteiger partial charge in [0, 0.05) is 24.0 Å². The van der Waals surface area contributed by atoms with E-state index in [1.807, 2.05) is 0 Å². The molecule has 2 aliphatic heterocycles. The zero-order valence-corrected chi connectivity index (χ0v) is 26.3. The Labute approximate surface area is 262 Å². The van der Waals surface area contributed by atoms with Gasteiger partial charge in [-0.05, 0) is 103 Å². The molecule has 5 aliphatic rings. The number of benzene rings is 2. The average molecular weight is 622 g/mol. The minimum atomic E-state index is -1.21. The predicted molar refractivity (Wildman–Crippen MR) is 161 cm³/mol. The molecule has 6 nitrogen and oxygen atoms in total. The fourth-order valence-corrected chi connectivity index (χ4v) is 10.2. The molecule has 4 fully saturated rings. The lowest BCUT2D eigenvalue weighted by Crippen LogP contribution is -2.48. The summed E-state index contributed by atoms with van der Waals surface area (Å²) in [5.41, 5.74) is 3.73. The van der Waals surface area contributed by atoms with Gasteiger partial charge in [-0.25, -0.2) is 17.9 Å². The van der Waals surface area contributed by atoms with E-state index in [2.05, 4.69) is 49.3 Å². The van der Waals surface area contributed by atoms with Crippen LogP contribution in [0.3, 0.4) is 0 Å². The van der Waals surface area contributed by atoms with Gasteiger partial charge >= 0.3 is 0 Å². The van der Waals surface area contributed by atoms with Gasteiger partial charge in [0.15, 0.2) is 17.4 Å². The first-order valence-electron chi connectivity index (χ1n) is 16.7. The Bertz CT molecular complexity index is 1600. The number of ether oxygens (including phenoxy) is 3. The zero-order chi connectivity index (χ0) is 31.1. The van der Waals surface area contributed by atoms with Gasteiger partial charge in [-0.1, -0.05) is 32.1 Å². The number of hydrogen-bond acceptors (Lipinski definition) is 5. The quantitative estimate of drug-likeness (QED) is 0.275. The number of rotatable bonds is 5. The second kappa shape index (κ2) is 10.8. The Kier molecular flexibility index (Phi) is 7.10. The number of fused-ring (bicyclic) bond motifs is 7. The van der Waals surface area contributed by atoms with Crippen LogP contribution in [0.25, 0.3) is 0 Å². The fourth-order valence-electron chi connectivity index (χ4n) is 10.2. The van der Waals surface area contributed by atoms with E-state index < -0.39 is 17.5 Å². The summed E-state index contributed by atoms with van der Waals surface area (Å²) in [5.74, 6) is 0.862. The van der Waals surface area contributed by atoms with Crippen LogP contribution in [0.4, 0.5) is 13.2 Å². The first-order chi connectivity index (χ1) is 21.6. The molecule has 2 aromatic carbocycles. The summed E-state index contributed by atoms with van der Waals surface area (Å²) >= 11 is 0. The molecule has 240 valence electrons. The number of aryl methyl sites for hydroxylation is 1. The molecule has 3 heterocycles. The highest BCUT2D eigenvalue weighted by atomic mass is 19.2. The van der Waals surface area contributed by atoms with E-state index >= 15 is 0 Å². The van der Waals surface area contributed by atoms with E-state index in [9.17, 15) is 13.2 Å². The van der Waals surface area contributed by atoms with Gasteiger partial charge < -0.3 is 14.2 Å². The van der Waals surface area contributed by atoms with Crippen molar-refractivity contribution in [3.63, 3.8) is 0 Å². The van der Waals surface area contributed by atoms with Crippen molar-refractivity contribution in [3.8, 4) is 5.75 Å². The second-order valence-electron chi connectivity index (χ2n) is 14.8. The Morgan fingerprint density at radius 3 is 2.69 bits per heavy atom. The summed E-state index contributed by atoms with van der Waals surface area (Å²) in [7, 11) is 0. The third-order valence-corrected chi connectivity index (χ3v) is 12.4. The highest BCUT2D eigenvalue weighted by Gasteiger charge is 2.67. The summed E-state index contributed by atoms with van der Waals surface area (Å²) in [6, 6.07) is 7.91. The molecule has 1 aromatic heterocycles. The number of nitrogens with zero attached hydrogens (tertiary/aromatic N) is 3. The Hall–Kier alpha value is -2.91. The van der Waals surface area contributed by atoms with Gasteiger partial charge in [0.1, 0.15) is 23.9 Å². The van der Waals surface area contributed by atoms with Gasteiger partial charge in [0.05, 0.1) is 25.5 Å². The molecule has 45 heavy (non-hydrogen) atoms. The lowest BCUT2D eigenvalue weighted by Gasteiger charge is -2.52. The molecule has 9 heteroatoms. The van der Waals surface area contributed by atoms with E-state index in [4.69, 9.17) is 14.2 Å². The first-order valence-corrected chi connectivity index (χ1v) is 16.7. The van der Waals surface area contributed by atoms with Gasteiger partial charge in [-0.3, -0.25) is 0 Å². The van der Waals surface area contributed by atoms with Crippen LogP contribution in [0, 0.1) is 52.5 Å². The van der Waals surface area contributed by atoms with Gasteiger partial charge in [0.2, 0.25) is 0 Å². The van der Waals surface area contributed by atoms with Crippen LogP contribution in [-0.4, -0.2) is 33.5 Å². The van der Waals surface area contributed by atoms with Crippen molar-refractivity contribution in [2.45, 2.75) is 96.7 Å². The summed E-state index contributed by atoms with van der Waals surface area (Å²) in [4.78, 5) is 0. The van der Waals surface area contributed by atoms with Gasteiger partial charge in [0.25, 0.3) is 0 Å². The molecule has 0 bridgehead atoms. The molecular weight excluding hydrogens is 579 g/mol. The van der Waals surface area contributed by atoms with Crippen LogP contribution in [-0.2, 0) is 29.0 Å². The summed E-state index contributed by atoms with van der Waals surface area (Å²) < 4.78 is 61.8. The molecule has 0 amide bonds. The average Bonchev–Trinajstić information content (AvgIpc) is 3.68. The molecule has 0 N–H and O–H groups in total. The van der Waals surface area contributed by atoms with Crippen molar-refractivity contribution in [2.75, 3.05) is 6.61 Å². The molecule has 1 spiro atoms. The van der Waals surface area contributed by atoms with E-state index in [-0.39, 0.29) is 24.5 Å². The monoisotopic (exact) mass is 621 g/mol. The standard InChI is InChI=1S/C36H42F3N3O3/c1-20-8-11-36(44-18-20)21(2)34-33(45-36)14-29-28-6-4-22-12-25(5-7-26(22)27(28)9-10-35(29,34)3)43-19-24-17-42(41-40-24)16-23-13-31(38)32(39)15-30(23)37/h5,7,12-13,15,17,20-21,27-29,33-34H,4,6,8-11,14,16,18-19H2,1-3H3/t20-,21+,27-,28-,29+,33+,34+,35+,36-/m1/s1. The van der Waals surface area contributed by atoms with E-state index in [0.717, 1.165) is 37.7 Å². The minimum absolute atomic E-state index is 0.00181. The number of hydrogen-bond donors (Lipinski definition) is 0. The third-order valence-electron chi connectivity index (χ3n) is 12.4. The number of aromatic nitrogens is 3. The van der Waals surface area contributed by atoms with Crippen molar-refractivity contribution in [3.05, 3.63) is 76.4 Å². The molecule has 3 aliphatic carbocycles. The maximum Gasteiger partial charge on any atom is 0.171 e. The smallest absolute Gasteiger partial charge is 0.171 e. The Morgan fingerprint density at radius 2 is 1.87 bits per heavy atom. The second-order valence-corrected chi connectivity index (χ2v) is 14.8. The Balaban J connectivity index is 0.924. The van der Waals surface area contributed by atoms with Crippen molar-refractivity contribution in [2.24, 2.45) is 35.0 Å². The maximum absolute atomic E-state index is 14.1. The van der Waals surface area contributed by atoms with E-state index in [0.29, 0.717) is 58.8 Å². The van der Waals surface area contributed by atoms with Gasteiger partial charge in [-0.2, -0.15) is 0 Å². The van der Waals surface area contributed by atoms with E-state index in [1.54, 1.807) is 6.20 Å². The van der Waals surface area contributed by atoms with Crippen LogP contribution in [0.5, 0.6) is 5.75 Å².